The van der Waals surface area contributed by atoms with E-state index < -0.39 is 12.1 Å². The van der Waals surface area contributed by atoms with Gasteiger partial charge in [0.1, 0.15) is 5.69 Å². The van der Waals surface area contributed by atoms with E-state index in [2.05, 4.69) is 21.8 Å². The van der Waals surface area contributed by atoms with E-state index >= 15 is 0 Å². The van der Waals surface area contributed by atoms with Gasteiger partial charge in [-0.2, -0.15) is 13.2 Å². The van der Waals surface area contributed by atoms with Gasteiger partial charge in [0.25, 0.3) is 5.91 Å². The van der Waals surface area contributed by atoms with Crippen LogP contribution in [0, 0.1) is 5.92 Å². The number of pyridine rings is 1. The van der Waals surface area contributed by atoms with Crippen molar-refractivity contribution < 1.29 is 32.6 Å². The highest BCUT2D eigenvalue weighted by Gasteiger charge is 2.38. The van der Waals surface area contributed by atoms with Crippen LogP contribution in [0.1, 0.15) is 22.6 Å². The highest BCUT2D eigenvalue weighted by atomic mass is 19.4. The van der Waals surface area contributed by atoms with Gasteiger partial charge in [0.2, 0.25) is 0 Å². The molecule has 1 N–H and O–H groups in total. The standard InChI is InChI=1S/C17H21N3O2.C2HF3O2/c1-22-10-7-14-11-19-9-4-5-15(19)13-20(12-14)17(21)16-6-2-3-8-18-16;3-2(4,5)1(6)7/h2-6,8-9,14H,7,10-13H2,1H3;(H,6,7). The second-order valence-corrected chi connectivity index (χ2v) is 6.50. The van der Waals surface area contributed by atoms with Crippen molar-refractivity contribution in [1.29, 1.82) is 0 Å². The van der Waals surface area contributed by atoms with Crippen LogP contribution in [0.25, 0.3) is 0 Å². The zero-order chi connectivity index (χ0) is 21.4. The van der Waals surface area contributed by atoms with E-state index in [-0.39, 0.29) is 5.91 Å². The first-order chi connectivity index (χ1) is 13.7. The number of fused-ring (bicyclic) bond motifs is 1. The second kappa shape index (κ2) is 10.1. The highest BCUT2D eigenvalue weighted by molar-refractivity contribution is 5.92. The predicted molar refractivity (Wildman–Crippen MR) is 97.1 cm³/mol. The molecule has 1 unspecified atom stereocenters. The summed E-state index contributed by atoms with van der Waals surface area (Å²) in [5.41, 5.74) is 1.68. The van der Waals surface area contributed by atoms with Crippen LogP contribution in [0.4, 0.5) is 13.2 Å². The van der Waals surface area contributed by atoms with Gasteiger partial charge in [0.05, 0.1) is 6.54 Å². The molecule has 0 bridgehead atoms. The molecule has 0 radical (unpaired) electrons. The number of carbonyl (C=O) groups excluding carboxylic acids is 1. The zero-order valence-electron chi connectivity index (χ0n) is 15.8. The fourth-order valence-electron chi connectivity index (χ4n) is 2.95. The van der Waals surface area contributed by atoms with Gasteiger partial charge in [-0.25, -0.2) is 4.79 Å². The number of hydrogen-bond acceptors (Lipinski definition) is 4. The molecule has 0 aromatic carbocycles. The van der Waals surface area contributed by atoms with Crippen molar-refractivity contribution in [2.75, 3.05) is 20.3 Å². The van der Waals surface area contributed by atoms with Gasteiger partial charge in [-0.1, -0.05) is 6.07 Å². The summed E-state index contributed by atoms with van der Waals surface area (Å²) in [6.45, 7) is 3.01. The van der Waals surface area contributed by atoms with Crippen molar-refractivity contribution in [3.8, 4) is 0 Å². The molecule has 158 valence electrons. The maximum atomic E-state index is 12.7. The van der Waals surface area contributed by atoms with E-state index in [1.54, 1.807) is 19.4 Å². The Kier molecular flexibility index (Phi) is 7.77. The Morgan fingerprint density at radius 2 is 1.97 bits per heavy atom. The normalized spacial score (nSPS) is 16.3. The van der Waals surface area contributed by atoms with Gasteiger partial charge < -0.3 is 19.3 Å². The Morgan fingerprint density at radius 3 is 2.55 bits per heavy atom. The van der Waals surface area contributed by atoms with Crippen LogP contribution in [0.15, 0.2) is 42.7 Å². The molecule has 3 heterocycles. The van der Waals surface area contributed by atoms with Crippen LogP contribution in [0.5, 0.6) is 0 Å². The third-order valence-corrected chi connectivity index (χ3v) is 4.35. The molecule has 7 nitrogen and oxygen atoms in total. The van der Waals surface area contributed by atoms with Gasteiger partial charge >= 0.3 is 12.1 Å². The lowest BCUT2D eigenvalue weighted by Gasteiger charge is -2.23. The number of carboxylic acid groups (broad SMARTS) is 1. The number of nitrogens with zero attached hydrogens (tertiary/aromatic N) is 3. The Morgan fingerprint density at radius 1 is 1.24 bits per heavy atom. The van der Waals surface area contributed by atoms with Crippen molar-refractivity contribution in [2.45, 2.75) is 25.7 Å². The van der Waals surface area contributed by atoms with Crippen LogP contribution in [0.2, 0.25) is 0 Å². The lowest BCUT2D eigenvalue weighted by molar-refractivity contribution is -0.192. The van der Waals surface area contributed by atoms with E-state index in [0.29, 0.717) is 24.8 Å². The Bertz CT molecular complexity index is 809. The number of rotatable bonds is 4. The summed E-state index contributed by atoms with van der Waals surface area (Å²) >= 11 is 0. The first kappa shape index (κ1) is 22.4. The Hall–Kier alpha value is -2.88. The van der Waals surface area contributed by atoms with Gasteiger partial charge in [0.15, 0.2) is 0 Å². The SMILES string of the molecule is COCCC1CN(C(=O)c2ccccn2)Cc2cccn2C1.O=C(O)C(F)(F)F. The molecule has 0 saturated carbocycles. The molecule has 1 amide bonds. The minimum Gasteiger partial charge on any atom is -0.475 e. The highest BCUT2D eigenvalue weighted by Crippen LogP contribution is 2.21. The molecule has 1 aliphatic rings. The maximum absolute atomic E-state index is 12.7. The topological polar surface area (TPSA) is 84.7 Å². The number of ether oxygens (including phenoxy) is 1. The lowest BCUT2D eigenvalue weighted by atomic mass is 10.1. The molecule has 29 heavy (non-hydrogen) atoms. The Balaban J connectivity index is 0.000000370. The molecule has 10 heteroatoms. The van der Waals surface area contributed by atoms with Gasteiger partial charge in [-0.3, -0.25) is 9.78 Å². The minimum atomic E-state index is -5.08. The molecule has 1 aliphatic heterocycles. The smallest absolute Gasteiger partial charge is 0.475 e. The fourth-order valence-corrected chi connectivity index (χ4v) is 2.95. The summed E-state index contributed by atoms with van der Waals surface area (Å²) < 4.78 is 39.2. The third kappa shape index (κ3) is 6.60. The molecule has 0 fully saturated rings. The number of aliphatic carboxylic acids is 1. The van der Waals surface area contributed by atoms with Crippen molar-refractivity contribution in [2.24, 2.45) is 5.92 Å². The Labute approximate surface area is 165 Å². The summed E-state index contributed by atoms with van der Waals surface area (Å²) in [5.74, 6) is -2.37. The van der Waals surface area contributed by atoms with Gasteiger partial charge in [0, 0.05) is 44.9 Å². The van der Waals surface area contributed by atoms with Crippen molar-refractivity contribution >= 4 is 11.9 Å². The minimum absolute atomic E-state index is 0.00216. The second-order valence-electron chi connectivity index (χ2n) is 6.50. The average Bonchev–Trinajstić information content (AvgIpc) is 3.04. The predicted octanol–water partition coefficient (Wildman–Crippen LogP) is 2.83. The molecular formula is C19H22F3N3O4. The van der Waals surface area contributed by atoms with E-state index in [0.717, 1.165) is 19.5 Å². The van der Waals surface area contributed by atoms with Crippen LogP contribution in [-0.2, 0) is 22.6 Å². The summed E-state index contributed by atoms with van der Waals surface area (Å²) in [5, 5.41) is 7.12. The average molecular weight is 413 g/mol. The number of hydrogen-bond donors (Lipinski definition) is 1. The molecule has 0 spiro atoms. The van der Waals surface area contributed by atoms with Crippen molar-refractivity contribution in [1.82, 2.24) is 14.5 Å². The quantitative estimate of drug-likeness (QED) is 0.833. The summed E-state index contributed by atoms with van der Waals surface area (Å²) in [6, 6.07) is 9.57. The molecular weight excluding hydrogens is 391 g/mol. The van der Waals surface area contributed by atoms with E-state index in [1.165, 1.54) is 5.69 Å². The largest absolute Gasteiger partial charge is 0.490 e. The van der Waals surface area contributed by atoms with E-state index in [1.807, 2.05) is 23.1 Å². The first-order valence-corrected chi connectivity index (χ1v) is 8.85. The molecule has 2 aromatic rings. The number of methoxy groups -OCH3 is 1. The summed E-state index contributed by atoms with van der Waals surface area (Å²) in [7, 11) is 1.72. The maximum Gasteiger partial charge on any atom is 0.490 e. The number of amides is 1. The fraction of sp³-hybridized carbons (Fsp3) is 0.421. The number of halogens is 3. The van der Waals surface area contributed by atoms with Crippen molar-refractivity contribution in [3.63, 3.8) is 0 Å². The lowest BCUT2D eigenvalue weighted by Crippen LogP contribution is -2.34. The van der Waals surface area contributed by atoms with Crippen LogP contribution >= 0.6 is 0 Å². The van der Waals surface area contributed by atoms with Gasteiger partial charge in [-0.05, 0) is 36.6 Å². The van der Waals surface area contributed by atoms with Crippen LogP contribution in [-0.4, -0.2) is 57.9 Å². The number of carboxylic acids is 1. The monoisotopic (exact) mass is 413 g/mol. The third-order valence-electron chi connectivity index (χ3n) is 4.35. The first-order valence-electron chi connectivity index (χ1n) is 8.85. The van der Waals surface area contributed by atoms with Gasteiger partial charge in [-0.15, -0.1) is 0 Å². The molecule has 3 rings (SSSR count). The van der Waals surface area contributed by atoms with Crippen LogP contribution in [0.3, 0.4) is 0 Å². The van der Waals surface area contributed by atoms with E-state index in [4.69, 9.17) is 14.6 Å². The summed E-state index contributed by atoms with van der Waals surface area (Å²) in [6.07, 6.45) is -0.389. The molecule has 1 atom stereocenters. The van der Waals surface area contributed by atoms with Crippen molar-refractivity contribution in [3.05, 3.63) is 54.1 Å². The molecule has 2 aromatic heterocycles. The van der Waals surface area contributed by atoms with Crippen LogP contribution < -0.4 is 0 Å². The number of aromatic nitrogens is 2. The molecule has 0 saturated heterocycles. The number of alkyl halides is 3. The zero-order valence-corrected chi connectivity index (χ0v) is 15.8. The summed E-state index contributed by atoms with van der Waals surface area (Å²) in [4.78, 5) is 27.7. The van der Waals surface area contributed by atoms with E-state index in [9.17, 15) is 18.0 Å². The molecule has 0 aliphatic carbocycles. The number of carbonyl (C=O) groups is 2.